The second-order valence-electron chi connectivity index (χ2n) is 11.6. The van der Waals surface area contributed by atoms with Crippen LogP contribution in [-0.2, 0) is 16.1 Å². The van der Waals surface area contributed by atoms with Crippen LogP contribution in [0.15, 0.2) is 48.5 Å². The zero-order valence-corrected chi connectivity index (χ0v) is 23.8. The van der Waals surface area contributed by atoms with Gasteiger partial charge in [-0.15, -0.1) is 0 Å². The zero-order valence-electron chi connectivity index (χ0n) is 23.8. The molecule has 0 radical (unpaired) electrons. The van der Waals surface area contributed by atoms with Gasteiger partial charge in [-0.2, -0.15) is 0 Å². The number of hydrogen-bond donors (Lipinski definition) is 4. The fourth-order valence-electron chi connectivity index (χ4n) is 7.05. The molecular formula is C31H42N2O7. The summed E-state index contributed by atoms with van der Waals surface area (Å²) in [5, 5.41) is 27.5. The second-order valence-corrected chi connectivity index (χ2v) is 11.6. The van der Waals surface area contributed by atoms with E-state index in [1.54, 1.807) is 38.5 Å². The van der Waals surface area contributed by atoms with Crippen molar-refractivity contribution in [2.45, 2.75) is 64.7 Å². The van der Waals surface area contributed by atoms with Gasteiger partial charge in [0.15, 0.2) is 0 Å². The minimum atomic E-state index is -0.726. The van der Waals surface area contributed by atoms with Crippen molar-refractivity contribution in [2.75, 3.05) is 26.1 Å². The lowest BCUT2D eigenvalue weighted by Gasteiger charge is -2.60. The number of aliphatic hydroxyl groups is 2. The molecule has 2 aliphatic carbocycles. The molecule has 218 valence electrons. The van der Waals surface area contributed by atoms with E-state index in [1.807, 2.05) is 31.2 Å². The van der Waals surface area contributed by atoms with Crippen molar-refractivity contribution in [3.05, 3.63) is 54.1 Å². The number of hydrogen-bond acceptors (Lipinski definition) is 7. The molecule has 0 aliphatic heterocycles. The van der Waals surface area contributed by atoms with Crippen molar-refractivity contribution in [3.8, 4) is 11.5 Å². The van der Waals surface area contributed by atoms with E-state index in [2.05, 4.69) is 17.6 Å². The van der Waals surface area contributed by atoms with Crippen LogP contribution in [-0.4, -0.2) is 55.2 Å². The third-order valence-corrected chi connectivity index (χ3v) is 9.34. The van der Waals surface area contributed by atoms with Crippen LogP contribution < -0.4 is 20.1 Å². The van der Waals surface area contributed by atoms with Gasteiger partial charge in [0.1, 0.15) is 17.6 Å². The average molecular weight is 555 g/mol. The highest BCUT2D eigenvalue weighted by Crippen LogP contribution is 2.61. The number of amides is 2. The molecule has 2 aromatic carbocycles. The van der Waals surface area contributed by atoms with Crippen molar-refractivity contribution in [2.24, 2.45) is 22.7 Å². The molecule has 2 amide bonds. The molecule has 2 fully saturated rings. The lowest BCUT2D eigenvalue weighted by Crippen LogP contribution is -2.61. The van der Waals surface area contributed by atoms with E-state index in [9.17, 15) is 19.8 Å². The summed E-state index contributed by atoms with van der Waals surface area (Å²) in [5.74, 6) is 0.915. The van der Waals surface area contributed by atoms with E-state index in [0.29, 0.717) is 49.4 Å². The van der Waals surface area contributed by atoms with Crippen LogP contribution >= 0.6 is 0 Å². The summed E-state index contributed by atoms with van der Waals surface area (Å²) in [7, 11) is 3.17. The van der Waals surface area contributed by atoms with E-state index in [1.165, 1.54) is 0 Å². The first kappa shape index (κ1) is 29.7. The Morgan fingerprint density at radius 1 is 1.00 bits per heavy atom. The molecule has 6 atom stereocenters. The van der Waals surface area contributed by atoms with Crippen molar-refractivity contribution in [1.29, 1.82) is 0 Å². The van der Waals surface area contributed by atoms with Crippen LogP contribution in [0.4, 0.5) is 10.5 Å². The maximum atomic E-state index is 13.1. The standard InChI is InChI=1S/C31H42N2O7/c1-30-16-15-27(40-29(37)33-21-9-11-22(38-3)12-10-21)31(2,19-34)26(30)14-13-24(35)23(30)17-28(36)32-18-20-7-5-6-8-25(20)39-4/h5-12,23-24,26-27,34-35H,13-19H2,1-4H3,(H,32,36)(H,33,37). The van der Waals surface area contributed by atoms with Gasteiger partial charge in [0, 0.05) is 29.6 Å². The summed E-state index contributed by atoms with van der Waals surface area (Å²) in [6.07, 6.45) is 0.831. The van der Waals surface area contributed by atoms with Crippen LogP contribution in [0, 0.1) is 22.7 Å². The number of aliphatic hydroxyl groups excluding tert-OH is 2. The Morgan fingerprint density at radius 2 is 1.73 bits per heavy atom. The molecule has 0 spiro atoms. The average Bonchev–Trinajstić information content (AvgIpc) is 2.96. The van der Waals surface area contributed by atoms with Crippen LogP contribution in [0.3, 0.4) is 0 Å². The molecule has 2 aromatic rings. The van der Waals surface area contributed by atoms with Crippen LogP contribution in [0.25, 0.3) is 0 Å². The molecule has 6 unspecified atom stereocenters. The van der Waals surface area contributed by atoms with Gasteiger partial charge in [-0.25, -0.2) is 4.79 Å². The van der Waals surface area contributed by atoms with Crippen molar-refractivity contribution in [3.63, 3.8) is 0 Å². The Bertz CT molecular complexity index is 1170. The monoisotopic (exact) mass is 554 g/mol. The van der Waals surface area contributed by atoms with Gasteiger partial charge in [-0.1, -0.05) is 32.0 Å². The topological polar surface area (TPSA) is 126 Å². The summed E-state index contributed by atoms with van der Waals surface area (Å²) in [6.45, 7) is 4.23. The molecule has 9 nitrogen and oxygen atoms in total. The van der Waals surface area contributed by atoms with Crippen molar-refractivity contribution < 1.29 is 34.0 Å². The van der Waals surface area contributed by atoms with E-state index in [-0.39, 0.29) is 30.8 Å². The Morgan fingerprint density at radius 3 is 2.40 bits per heavy atom. The summed E-state index contributed by atoms with van der Waals surface area (Å²) >= 11 is 0. The summed E-state index contributed by atoms with van der Waals surface area (Å²) < 4.78 is 16.5. The SMILES string of the molecule is COc1ccc(NC(=O)OC2CCC3(C)C(CC(=O)NCc4ccccc4OC)C(O)CCC3C2(C)CO)cc1. The number of carbonyl (C=O) groups is 2. The number of ether oxygens (including phenoxy) is 3. The fourth-order valence-corrected chi connectivity index (χ4v) is 7.05. The minimum Gasteiger partial charge on any atom is -0.497 e. The molecule has 2 saturated carbocycles. The van der Waals surface area contributed by atoms with Gasteiger partial charge in [-0.05, 0) is 73.3 Å². The second kappa shape index (κ2) is 12.5. The number of carbonyl (C=O) groups excluding carboxylic acids is 2. The highest BCUT2D eigenvalue weighted by Gasteiger charge is 2.60. The third kappa shape index (κ3) is 6.05. The normalized spacial score (nSPS) is 29.6. The summed E-state index contributed by atoms with van der Waals surface area (Å²) in [6, 6.07) is 14.5. The maximum Gasteiger partial charge on any atom is 0.411 e. The third-order valence-electron chi connectivity index (χ3n) is 9.34. The van der Waals surface area contributed by atoms with E-state index < -0.39 is 29.1 Å². The molecule has 2 aliphatic rings. The molecule has 4 N–H and O–H groups in total. The number of fused-ring (bicyclic) bond motifs is 1. The van der Waals surface area contributed by atoms with E-state index in [4.69, 9.17) is 14.2 Å². The molecule has 9 heteroatoms. The van der Waals surface area contributed by atoms with Crippen molar-refractivity contribution >= 4 is 17.7 Å². The first-order valence-corrected chi connectivity index (χ1v) is 13.9. The van der Waals surface area contributed by atoms with Gasteiger partial charge in [-0.3, -0.25) is 10.1 Å². The van der Waals surface area contributed by atoms with E-state index >= 15 is 0 Å². The lowest BCUT2D eigenvalue weighted by atomic mass is 9.46. The predicted octanol–water partition coefficient (Wildman–Crippen LogP) is 4.51. The van der Waals surface area contributed by atoms with Crippen molar-refractivity contribution in [1.82, 2.24) is 5.32 Å². The minimum absolute atomic E-state index is 0.0482. The Hall–Kier alpha value is -3.30. The van der Waals surface area contributed by atoms with Gasteiger partial charge in [0.05, 0.1) is 26.9 Å². The Kier molecular flexibility index (Phi) is 9.26. The van der Waals surface area contributed by atoms with E-state index in [0.717, 1.165) is 5.56 Å². The van der Waals surface area contributed by atoms with Gasteiger partial charge >= 0.3 is 6.09 Å². The molecule has 0 aromatic heterocycles. The molecular weight excluding hydrogens is 512 g/mol. The quantitative estimate of drug-likeness (QED) is 0.359. The van der Waals surface area contributed by atoms with Crippen LogP contribution in [0.5, 0.6) is 11.5 Å². The number of nitrogens with one attached hydrogen (secondary N) is 2. The van der Waals surface area contributed by atoms with Crippen LogP contribution in [0.2, 0.25) is 0 Å². The van der Waals surface area contributed by atoms with Gasteiger partial charge in [0.2, 0.25) is 5.91 Å². The number of anilines is 1. The molecule has 0 bridgehead atoms. The fraction of sp³-hybridized carbons (Fsp3) is 0.548. The first-order valence-electron chi connectivity index (χ1n) is 13.9. The molecule has 40 heavy (non-hydrogen) atoms. The summed E-state index contributed by atoms with van der Waals surface area (Å²) in [4.78, 5) is 25.9. The Balaban J connectivity index is 1.44. The number of benzene rings is 2. The summed E-state index contributed by atoms with van der Waals surface area (Å²) in [5.41, 5.74) is 0.321. The number of methoxy groups -OCH3 is 2. The largest absolute Gasteiger partial charge is 0.497 e. The lowest BCUT2D eigenvalue weighted by molar-refractivity contribution is -0.185. The first-order chi connectivity index (χ1) is 19.1. The highest BCUT2D eigenvalue weighted by molar-refractivity contribution is 5.84. The van der Waals surface area contributed by atoms with Gasteiger partial charge in [0.25, 0.3) is 0 Å². The molecule has 4 rings (SSSR count). The maximum absolute atomic E-state index is 13.1. The van der Waals surface area contributed by atoms with Gasteiger partial charge < -0.3 is 29.7 Å². The molecule has 0 saturated heterocycles. The number of rotatable bonds is 9. The smallest absolute Gasteiger partial charge is 0.411 e. The molecule has 0 heterocycles. The van der Waals surface area contributed by atoms with Crippen LogP contribution in [0.1, 0.15) is 51.5 Å². The Labute approximate surface area is 236 Å². The zero-order chi connectivity index (χ0) is 28.9. The highest BCUT2D eigenvalue weighted by atomic mass is 16.6. The predicted molar refractivity (Wildman–Crippen MR) is 151 cm³/mol. The number of para-hydroxylation sites is 1.